The topological polar surface area (TPSA) is 119 Å². The van der Waals surface area contributed by atoms with Gasteiger partial charge in [-0.3, -0.25) is 19.1 Å². The molecule has 1 saturated carbocycles. The summed E-state index contributed by atoms with van der Waals surface area (Å²) in [7, 11) is 0. The minimum absolute atomic E-state index is 0.0407. The zero-order chi connectivity index (χ0) is 23.8. The van der Waals surface area contributed by atoms with Crippen LogP contribution in [0.3, 0.4) is 0 Å². The third-order valence-corrected chi connectivity index (χ3v) is 6.37. The Hall–Kier alpha value is -3.82. The van der Waals surface area contributed by atoms with Crippen LogP contribution in [0, 0.1) is 5.92 Å². The number of nitrogens with one attached hydrogen (secondary N) is 1. The molecule has 1 saturated heterocycles. The van der Waals surface area contributed by atoms with Gasteiger partial charge in [-0.1, -0.05) is 0 Å². The van der Waals surface area contributed by atoms with E-state index in [1.165, 1.54) is 6.92 Å². The fourth-order valence-electron chi connectivity index (χ4n) is 4.73. The van der Waals surface area contributed by atoms with Crippen molar-refractivity contribution < 1.29 is 19.1 Å². The SMILES string of the molecule is CCNC(=O)[C@@H]1C[C@H]2C[C@H]2N1C(=O)Cn1nc(C(C)=O)c2cc(OCc3ncccn3)ccc21. The van der Waals surface area contributed by atoms with E-state index in [9.17, 15) is 14.4 Å². The number of piperidine rings is 1. The summed E-state index contributed by atoms with van der Waals surface area (Å²) in [6.07, 6.45) is 4.92. The Labute approximate surface area is 196 Å². The molecule has 2 aliphatic rings. The highest BCUT2D eigenvalue weighted by Gasteiger charge is 2.55. The van der Waals surface area contributed by atoms with Crippen LogP contribution in [0.1, 0.15) is 43.0 Å². The molecule has 34 heavy (non-hydrogen) atoms. The number of hydrogen-bond donors (Lipinski definition) is 1. The molecule has 3 heterocycles. The summed E-state index contributed by atoms with van der Waals surface area (Å²) in [6.45, 7) is 3.98. The van der Waals surface area contributed by atoms with E-state index < -0.39 is 6.04 Å². The summed E-state index contributed by atoms with van der Waals surface area (Å²) in [6, 6.07) is 6.71. The molecule has 3 atom stereocenters. The monoisotopic (exact) mass is 462 g/mol. The van der Waals surface area contributed by atoms with Gasteiger partial charge in [-0.25, -0.2) is 9.97 Å². The Balaban J connectivity index is 1.38. The van der Waals surface area contributed by atoms with Crippen molar-refractivity contribution in [3.8, 4) is 5.75 Å². The van der Waals surface area contributed by atoms with E-state index >= 15 is 0 Å². The second kappa shape index (κ2) is 8.85. The number of Topliss-reactive ketones (excluding diaryl/α,β-unsaturated/α-hetero) is 1. The minimum atomic E-state index is -0.439. The zero-order valence-corrected chi connectivity index (χ0v) is 19.1. The van der Waals surface area contributed by atoms with Crippen molar-refractivity contribution in [2.45, 2.75) is 51.9 Å². The maximum absolute atomic E-state index is 13.3. The number of nitrogens with zero attached hydrogens (tertiary/aromatic N) is 5. The Morgan fingerprint density at radius 3 is 2.71 bits per heavy atom. The van der Waals surface area contributed by atoms with Gasteiger partial charge in [0.2, 0.25) is 11.8 Å². The van der Waals surface area contributed by atoms with Crippen LogP contribution in [-0.2, 0) is 22.7 Å². The van der Waals surface area contributed by atoms with Gasteiger partial charge >= 0.3 is 0 Å². The maximum Gasteiger partial charge on any atom is 0.245 e. The van der Waals surface area contributed by atoms with Gasteiger partial charge in [0.15, 0.2) is 11.6 Å². The second-order valence-electron chi connectivity index (χ2n) is 8.71. The van der Waals surface area contributed by atoms with Crippen molar-refractivity contribution in [3.05, 3.63) is 48.2 Å². The summed E-state index contributed by atoms with van der Waals surface area (Å²) in [5.41, 5.74) is 0.929. The molecule has 2 fully saturated rings. The Kier molecular flexibility index (Phi) is 5.72. The average molecular weight is 463 g/mol. The maximum atomic E-state index is 13.3. The number of fused-ring (bicyclic) bond motifs is 2. The molecule has 1 aliphatic carbocycles. The smallest absolute Gasteiger partial charge is 0.245 e. The normalized spacial score (nSPS) is 20.8. The fourth-order valence-corrected chi connectivity index (χ4v) is 4.73. The molecular formula is C24H26N6O4. The molecule has 10 nitrogen and oxygen atoms in total. The zero-order valence-electron chi connectivity index (χ0n) is 19.1. The van der Waals surface area contributed by atoms with Crippen LogP contribution in [0.15, 0.2) is 36.7 Å². The molecule has 5 rings (SSSR count). The molecule has 2 aromatic heterocycles. The summed E-state index contributed by atoms with van der Waals surface area (Å²) >= 11 is 0. The number of likely N-dealkylation sites (tertiary alicyclic amines) is 1. The Bertz CT molecular complexity index is 1260. The standard InChI is InChI=1S/C24H26N6O4/c1-3-25-24(33)20-10-15-9-19(15)30(20)22(32)12-29-18-6-5-16(11-17(18)23(28-29)14(2)31)34-13-21-26-7-4-8-27-21/h4-8,11,15,19-20H,3,9-10,12-13H2,1-2H3,(H,25,33)/t15-,19-,20+/m1/s1. The van der Waals surface area contributed by atoms with Crippen LogP contribution >= 0.6 is 0 Å². The highest BCUT2D eigenvalue weighted by atomic mass is 16.5. The van der Waals surface area contributed by atoms with E-state index in [4.69, 9.17) is 4.74 Å². The van der Waals surface area contributed by atoms with E-state index in [0.717, 1.165) is 6.42 Å². The molecule has 1 aliphatic heterocycles. The minimum Gasteiger partial charge on any atom is -0.486 e. The quantitative estimate of drug-likeness (QED) is 0.506. The molecule has 10 heteroatoms. The van der Waals surface area contributed by atoms with Gasteiger partial charge in [-0.2, -0.15) is 5.10 Å². The second-order valence-corrected chi connectivity index (χ2v) is 8.71. The highest BCUT2D eigenvalue weighted by Crippen LogP contribution is 2.48. The molecule has 0 radical (unpaired) electrons. The van der Waals surface area contributed by atoms with E-state index in [0.29, 0.717) is 41.4 Å². The number of ether oxygens (including phenoxy) is 1. The van der Waals surface area contributed by atoms with Crippen LogP contribution in [0.5, 0.6) is 5.75 Å². The van der Waals surface area contributed by atoms with Crippen molar-refractivity contribution in [1.29, 1.82) is 0 Å². The first-order valence-corrected chi connectivity index (χ1v) is 11.4. The average Bonchev–Trinajstić information content (AvgIpc) is 3.34. The molecule has 176 valence electrons. The summed E-state index contributed by atoms with van der Waals surface area (Å²) in [4.78, 5) is 48.1. The molecular weight excluding hydrogens is 436 g/mol. The van der Waals surface area contributed by atoms with Gasteiger partial charge in [0.25, 0.3) is 0 Å². The van der Waals surface area contributed by atoms with Crippen LogP contribution in [0.4, 0.5) is 0 Å². The molecule has 0 bridgehead atoms. The van der Waals surface area contributed by atoms with E-state index in [1.54, 1.807) is 46.2 Å². The van der Waals surface area contributed by atoms with E-state index in [-0.39, 0.29) is 42.5 Å². The third kappa shape index (κ3) is 4.11. The number of carbonyl (C=O) groups is 3. The first kappa shape index (κ1) is 22.0. The van der Waals surface area contributed by atoms with Gasteiger partial charge in [0.1, 0.15) is 30.6 Å². The Morgan fingerprint density at radius 1 is 1.18 bits per heavy atom. The summed E-state index contributed by atoms with van der Waals surface area (Å²) in [5.74, 6) is 1.01. The summed E-state index contributed by atoms with van der Waals surface area (Å²) in [5, 5.41) is 7.89. The van der Waals surface area contributed by atoms with Crippen molar-refractivity contribution >= 4 is 28.5 Å². The highest BCUT2D eigenvalue weighted by molar-refractivity contribution is 6.05. The van der Waals surface area contributed by atoms with Gasteiger partial charge in [0, 0.05) is 37.3 Å². The lowest BCUT2D eigenvalue weighted by atomic mass is 10.1. The van der Waals surface area contributed by atoms with Crippen LogP contribution in [-0.4, -0.2) is 60.9 Å². The number of carbonyl (C=O) groups excluding carboxylic acids is 3. The number of hydrogen-bond acceptors (Lipinski definition) is 7. The van der Waals surface area contributed by atoms with Crippen LogP contribution < -0.4 is 10.1 Å². The molecule has 3 aromatic rings. The summed E-state index contributed by atoms with van der Waals surface area (Å²) < 4.78 is 7.34. The number of benzene rings is 1. The Morgan fingerprint density at radius 2 is 1.97 bits per heavy atom. The number of amides is 2. The van der Waals surface area contributed by atoms with Crippen molar-refractivity contribution in [2.75, 3.05) is 6.54 Å². The van der Waals surface area contributed by atoms with Crippen LogP contribution in [0.2, 0.25) is 0 Å². The largest absolute Gasteiger partial charge is 0.486 e. The number of rotatable bonds is 8. The first-order valence-electron chi connectivity index (χ1n) is 11.4. The van der Waals surface area contributed by atoms with Gasteiger partial charge in [0.05, 0.1) is 5.52 Å². The number of ketones is 1. The molecule has 1 aromatic carbocycles. The van der Waals surface area contributed by atoms with Crippen LogP contribution in [0.25, 0.3) is 10.9 Å². The van der Waals surface area contributed by atoms with Gasteiger partial charge in [-0.05, 0) is 49.9 Å². The van der Waals surface area contributed by atoms with Gasteiger partial charge < -0.3 is 15.0 Å². The van der Waals surface area contributed by atoms with E-state index in [1.807, 2.05) is 6.92 Å². The molecule has 1 N–H and O–H groups in total. The lowest BCUT2D eigenvalue weighted by molar-refractivity contribution is -0.140. The number of aromatic nitrogens is 4. The number of likely N-dealkylation sites (N-methyl/N-ethyl adjacent to an activating group) is 1. The lowest BCUT2D eigenvalue weighted by Crippen LogP contribution is -2.48. The molecule has 0 spiro atoms. The van der Waals surface area contributed by atoms with Crippen molar-refractivity contribution in [3.63, 3.8) is 0 Å². The fraction of sp³-hybridized carbons (Fsp3) is 0.417. The van der Waals surface area contributed by atoms with Gasteiger partial charge in [-0.15, -0.1) is 0 Å². The lowest BCUT2D eigenvalue weighted by Gasteiger charge is -2.26. The third-order valence-electron chi connectivity index (χ3n) is 6.37. The van der Waals surface area contributed by atoms with Crippen molar-refractivity contribution in [1.82, 2.24) is 30.0 Å². The van der Waals surface area contributed by atoms with E-state index in [2.05, 4.69) is 20.4 Å². The predicted molar refractivity (Wildman–Crippen MR) is 122 cm³/mol. The molecule has 2 amide bonds. The predicted octanol–water partition coefficient (Wildman–Crippen LogP) is 1.73. The first-order chi connectivity index (χ1) is 16.5. The van der Waals surface area contributed by atoms with Crippen molar-refractivity contribution in [2.24, 2.45) is 5.92 Å². The molecule has 0 unspecified atom stereocenters.